The number of nitrogens with zero attached hydrogens (tertiary/aromatic N) is 8. The molecule has 247 valence electrons. The van der Waals surface area contributed by atoms with Crippen LogP contribution in [0.15, 0.2) is 75.3 Å². The molecule has 3 aliphatic heterocycles. The van der Waals surface area contributed by atoms with Crippen LogP contribution in [0, 0.1) is 21.7 Å². The Morgan fingerprint density at radius 1 is 0.604 bits per heavy atom. The summed E-state index contributed by atoms with van der Waals surface area (Å²) in [7, 11) is 0. The molecule has 1 radical (unpaired) electrons. The van der Waals surface area contributed by atoms with E-state index >= 15 is 0 Å². The van der Waals surface area contributed by atoms with Gasteiger partial charge < -0.3 is 15.0 Å². The van der Waals surface area contributed by atoms with Gasteiger partial charge in [-0.1, -0.05) is 97.3 Å². The van der Waals surface area contributed by atoms with E-state index in [0.717, 1.165) is 58.1 Å². The van der Waals surface area contributed by atoms with Crippen LogP contribution in [0.4, 0.5) is 11.6 Å². The molecule has 2 aromatic carbocycles. The summed E-state index contributed by atoms with van der Waals surface area (Å²) in [5.41, 5.74) is 2.08. The van der Waals surface area contributed by atoms with Gasteiger partial charge in [0.25, 0.3) is 0 Å². The molecule has 4 aromatic rings. The van der Waals surface area contributed by atoms with Gasteiger partial charge in [-0.2, -0.15) is 0 Å². The molecule has 7 rings (SSSR count). The number of amidine groups is 2. The van der Waals surface area contributed by atoms with E-state index in [9.17, 15) is 0 Å². The summed E-state index contributed by atoms with van der Waals surface area (Å²) >= 11 is 0. The van der Waals surface area contributed by atoms with E-state index in [0.29, 0.717) is 23.3 Å². The number of ether oxygens (including phenoxy) is 1. The topological polar surface area (TPSA) is 112 Å². The molecule has 0 atom stereocenters. The van der Waals surface area contributed by atoms with Crippen LogP contribution in [0.3, 0.4) is 0 Å². The molecule has 8 bridgehead atoms. The minimum atomic E-state index is -0.371. The zero-order valence-electron chi connectivity index (χ0n) is 29.9. The van der Waals surface area contributed by atoms with Crippen molar-refractivity contribution in [1.82, 2.24) is 19.9 Å². The second kappa shape index (κ2) is 13.8. The van der Waals surface area contributed by atoms with Gasteiger partial charge in [-0.05, 0) is 49.0 Å². The number of hydrogen-bond acceptors (Lipinski definition) is 8. The van der Waals surface area contributed by atoms with E-state index < -0.39 is 0 Å². The third-order valence-electron chi connectivity index (χ3n) is 10.4. The standard InChI is InChI=1S/C33H33N8.C4H10O.Co.Na/c1-30(2)22-17-23-31(3,4)33(7,8)29(37-23)41-25-19-14-10-12-16-21(19)35-27(39-25)26-34-20-15-11-9-13-18(20)24(38-26)40-28(36-22)32(30,5)6;1-3-5-4-2;;/h9-17H,1-8H3;3-4H2,1-2H3;;/q-1;;;+1. The van der Waals surface area contributed by atoms with Crippen LogP contribution in [0.1, 0.15) is 69.2 Å². The van der Waals surface area contributed by atoms with Crippen molar-refractivity contribution in [3.8, 4) is 11.6 Å². The zero-order valence-corrected chi connectivity index (χ0v) is 33.0. The fourth-order valence-corrected chi connectivity index (χ4v) is 5.77. The Hall–Kier alpha value is -2.86. The van der Waals surface area contributed by atoms with E-state index in [-0.39, 0.29) is 68.0 Å². The molecule has 0 aliphatic carbocycles. The van der Waals surface area contributed by atoms with Crippen molar-refractivity contribution in [1.29, 1.82) is 0 Å². The molecule has 0 amide bonds. The van der Waals surface area contributed by atoms with Crippen molar-refractivity contribution < 1.29 is 51.1 Å². The number of aliphatic imine (C=N–C) groups is 3. The number of aromatic nitrogens is 4. The predicted molar refractivity (Wildman–Crippen MR) is 188 cm³/mol. The minimum absolute atomic E-state index is 0. The SMILES string of the molecule is CC1(C)C2=CC3=NC(=Nc4nc(nc5ccccc45)-c4nc(c5ccccc5n4)N=C([N-]2)C1(C)C)C(C)(C)C3(C)C.CCOCC.[Co].[Na+]. The first kappa shape index (κ1) is 37.9. The molecule has 0 unspecified atom stereocenters. The van der Waals surface area contributed by atoms with Gasteiger partial charge in [-0.15, -0.1) is 0 Å². The quantitative estimate of drug-likeness (QED) is 0.232. The van der Waals surface area contributed by atoms with Crippen LogP contribution in [-0.4, -0.2) is 50.5 Å². The van der Waals surface area contributed by atoms with Gasteiger partial charge in [0.2, 0.25) is 0 Å². The summed E-state index contributed by atoms with van der Waals surface area (Å²) < 4.78 is 4.83. The van der Waals surface area contributed by atoms with Gasteiger partial charge in [0.15, 0.2) is 17.5 Å². The molecular weight excluding hydrogens is 654 g/mol. The summed E-state index contributed by atoms with van der Waals surface area (Å²) in [6.07, 6.45) is 2.15. The van der Waals surface area contributed by atoms with Gasteiger partial charge in [-0.25, -0.2) is 29.9 Å². The Bertz CT molecular complexity index is 1990. The Kier molecular flexibility index (Phi) is 10.9. The maximum Gasteiger partial charge on any atom is 1.00 e. The number of para-hydroxylation sites is 2. The maximum absolute atomic E-state index is 5.16. The molecule has 0 N–H and O–H groups in total. The molecule has 11 heteroatoms. The normalized spacial score (nSPS) is 19.0. The molecule has 1 saturated heterocycles. The fraction of sp³-hybridized carbons (Fsp3) is 0.432. The van der Waals surface area contributed by atoms with Crippen LogP contribution in [0.25, 0.3) is 38.8 Å². The van der Waals surface area contributed by atoms with E-state index in [1.165, 1.54) is 0 Å². The number of benzene rings is 2. The van der Waals surface area contributed by atoms with Crippen molar-refractivity contribution >= 4 is 50.8 Å². The fourth-order valence-electron chi connectivity index (χ4n) is 5.77. The average molecular weight is 698 g/mol. The Morgan fingerprint density at radius 2 is 1.10 bits per heavy atom. The van der Waals surface area contributed by atoms with Gasteiger partial charge in [0, 0.05) is 57.3 Å². The van der Waals surface area contributed by atoms with Crippen molar-refractivity contribution in [2.75, 3.05) is 13.2 Å². The Morgan fingerprint density at radius 3 is 1.60 bits per heavy atom. The van der Waals surface area contributed by atoms with Crippen LogP contribution in [-0.2, 0) is 21.5 Å². The molecule has 0 saturated carbocycles. The second-order valence-electron chi connectivity index (χ2n) is 14.1. The van der Waals surface area contributed by atoms with Crippen molar-refractivity contribution in [2.24, 2.45) is 36.6 Å². The third-order valence-corrected chi connectivity index (χ3v) is 10.4. The van der Waals surface area contributed by atoms with Gasteiger partial charge in [0.1, 0.15) is 5.84 Å². The maximum atomic E-state index is 5.16. The van der Waals surface area contributed by atoms with Crippen LogP contribution < -0.4 is 29.6 Å². The van der Waals surface area contributed by atoms with Crippen molar-refractivity contribution in [3.63, 3.8) is 0 Å². The summed E-state index contributed by atoms with van der Waals surface area (Å²) in [6.45, 7) is 23.4. The largest absolute Gasteiger partial charge is 1.00 e. The molecule has 1 fully saturated rings. The first-order valence-electron chi connectivity index (χ1n) is 16.1. The van der Waals surface area contributed by atoms with Crippen LogP contribution in [0.5, 0.6) is 0 Å². The molecular formula is C37H43CoN8NaO. The summed E-state index contributed by atoms with van der Waals surface area (Å²) in [6, 6.07) is 15.8. The van der Waals surface area contributed by atoms with Crippen molar-refractivity contribution in [3.05, 3.63) is 65.6 Å². The molecule has 3 aliphatic rings. The second-order valence-corrected chi connectivity index (χ2v) is 14.1. The Labute approximate surface area is 316 Å². The number of hydrogen-bond donors (Lipinski definition) is 0. The molecule has 48 heavy (non-hydrogen) atoms. The van der Waals surface area contributed by atoms with Gasteiger partial charge in [0.05, 0.1) is 16.9 Å². The molecule has 5 heterocycles. The van der Waals surface area contributed by atoms with Crippen LogP contribution in [0.2, 0.25) is 0 Å². The molecule has 9 nitrogen and oxygen atoms in total. The molecule has 0 spiro atoms. The van der Waals surface area contributed by atoms with E-state index in [1.807, 2.05) is 62.4 Å². The smallest absolute Gasteiger partial charge is 0.442 e. The van der Waals surface area contributed by atoms with Crippen molar-refractivity contribution in [2.45, 2.75) is 69.2 Å². The number of rotatable bonds is 2. The summed E-state index contributed by atoms with van der Waals surface area (Å²) in [5.74, 6) is 3.34. The zero-order chi connectivity index (χ0) is 33.1. The predicted octanol–water partition coefficient (Wildman–Crippen LogP) is 6.19. The van der Waals surface area contributed by atoms with Gasteiger partial charge >= 0.3 is 29.6 Å². The van der Waals surface area contributed by atoms with E-state index in [1.54, 1.807) is 0 Å². The minimum Gasteiger partial charge on any atom is -0.442 e. The van der Waals surface area contributed by atoms with Crippen LogP contribution >= 0.6 is 0 Å². The average Bonchev–Trinajstić information content (AvgIpc) is 3.29. The molecule has 2 aromatic heterocycles. The van der Waals surface area contributed by atoms with E-state index in [2.05, 4.69) is 61.5 Å². The first-order chi connectivity index (χ1) is 21.7. The number of allylic oxidation sites excluding steroid dienone is 2. The summed E-state index contributed by atoms with van der Waals surface area (Å²) in [4.78, 5) is 35.1. The van der Waals surface area contributed by atoms with E-state index in [4.69, 9.17) is 45.0 Å². The monoisotopic (exact) mass is 697 g/mol. The number of fused-ring (bicyclic) bond motifs is 12. The Balaban J connectivity index is 0.000000694. The van der Waals surface area contributed by atoms with Gasteiger partial charge in [-0.3, -0.25) is 0 Å². The third kappa shape index (κ3) is 6.20. The first-order valence-corrected chi connectivity index (χ1v) is 16.1. The summed E-state index contributed by atoms with van der Waals surface area (Å²) in [5, 5.41) is 6.86.